The van der Waals surface area contributed by atoms with Gasteiger partial charge in [-0.1, -0.05) is 58.2 Å². The molecule has 1 heterocycles. The van der Waals surface area contributed by atoms with Crippen LogP contribution in [0.15, 0.2) is 48.7 Å². The zero-order chi connectivity index (χ0) is 16.4. The largest absolute Gasteiger partial charge is 0.353 e. The molecule has 4 nitrogen and oxygen atoms in total. The van der Waals surface area contributed by atoms with Gasteiger partial charge in [0, 0.05) is 18.6 Å². The van der Waals surface area contributed by atoms with Gasteiger partial charge in [0.15, 0.2) is 5.82 Å². The monoisotopic (exact) mass is 346 g/mol. The van der Waals surface area contributed by atoms with Gasteiger partial charge in [-0.05, 0) is 30.7 Å². The summed E-state index contributed by atoms with van der Waals surface area (Å²) in [5.41, 5.74) is 3.22. The summed E-state index contributed by atoms with van der Waals surface area (Å²) < 4.78 is 1.65. The van der Waals surface area contributed by atoms with E-state index in [0.29, 0.717) is 10.0 Å². The van der Waals surface area contributed by atoms with Crippen molar-refractivity contribution in [2.24, 2.45) is 0 Å². The van der Waals surface area contributed by atoms with Crippen molar-refractivity contribution in [2.45, 2.75) is 13.5 Å². The number of benzene rings is 2. The zero-order valence-corrected chi connectivity index (χ0v) is 14.4. The maximum atomic E-state index is 6.21. The number of halogens is 2. The molecule has 3 rings (SSSR count). The van der Waals surface area contributed by atoms with Gasteiger partial charge in [0.2, 0.25) is 0 Å². The van der Waals surface area contributed by atoms with Gasteiger partial charge < -0.3 is 4.90 Å². The molecule has 3 aromatic rings. The third-order valence-corrected chi connectivity index (χ3v) is 4.11. The summed E-state index contributed by atoms with van der Waals surface area (Å²) in [4.78, 5) is 2.04. The molecule has 1 aromatic heterocycles. The third-order valence-electron chi connectivity index (χ3n) is 3.57. The van der Waals surface area contributed by atoms with Crippen LogP contribution in [-0.4, -0.2) is 22.0 Å². The number of aryl methyl sites for hydroxylation is 1. The summed E-state index contributed by atoms with van der Waals surface area (Å²) in [5, 5.41) is 9.50. The Morgan fingerprint density at radius 3 is 2.52 bits per heavy atom. The van der Waals surface area contributed by atoms with Gasteiger partial charge in [-0.2, -0.15) is 0 Å². The second kappa shape index (κ2) is 6.60. The van der Waals surface area contributed by atoms with E-state index in [4.69, 9.17) is 23.2 Å². The van der Waals surface area contributed by atoms with E-state index < -0.39 is 0 Å². The van der Waals surface area contributed by atoms with Gasteiger partial charge in [-0.25, -0.2) is 4.68 Å². The van der Waals surface area contributed by atoms with Crippen molar-refractivity contribution in [3.8, 4) is 5.69 Å². The van der Waals surface area contributed by atoms with E-state index in [1.54, 1.807) is 16.8 Å². The molecule has 118 valence electrons. The average molecular weight is 347 g/mol. The molecule has 0 saturated carbocycles. The number of nitrogens with zero attached hydrogens (tertiary/aromatic N) is 4. The second-order valence-electron chi connectivity index (χ2n) is 5.46. The van der Waals surface area contributed by atoms with Crippen molar-refractivity contribution in [1.29, 1.82) is 0 Å². The smallest absolute Gasteiger partial charge is 0.171 e. The number of hydrogen-bond acceptors (Lipinski definition) is 3. The first-order valence-electron chi connectivity index (χ1n) is 7.17. The molecule has 0 radical (unpaired) electrons. The minimum absolute atomic E-state index is 0.537. The average Bonchev–Trinajstić information content (AvgIpc) is 2.99. The molecule has 0 spiro atoms. The van der Waals surface area contributed by atoms with E-state index in [1.807, 2.05) is 24.2 Å². The van der Waals surface area contributed by atoms with Crippen LogP contribution in [0.5, 0.6) is 0 Å². The molecule has 0 aliphatic rings. The molecular formula is C17H16Cl2N4. The highest BCUT2D eigenvalue weighted by atomic mass is 35.5. The third kappa shape index (κ3) is 3.66. The van der Waals surface area contributed by atoms with Crippen LogP contribution in [0, 0.1) is 6.92 Å². The Morgan fingerprint density at radius 2 is 1.83 bits per heavy atom. The van der Waals surface area contributed by atoms with Gasteiger partial charge in [0.1, 0.15) is 0 Å². The van der Waals surface area contributed by atoms with Gasteiger partial charge in [-0.15, -0.1) is 5.10 Å². The fourth-order valence-electron chi connectivity index (χ4n) is 2.26. The van der Waals surface area contributed by atoms with Crippen LogP contribution in [0.25, 0.3) is 5.69 Å². The Balaban J connectivity index is 1.79. The fourth-order valence-corrected chi connectivity index (χ4v) is 2.76. The minimum Gasteiger partial charge on any atom is -0.353 e. The predicted molar refractivity (Wildman–Crippen MR) is 94.7 cm³/mol. The van der Waals surface area contributed by atoms with Crippen LogP contribution in [0.3, 0.4) is 0 Å². The van der Waals surface area contributed by atoms with Crippen LogP contribution in [0.1, 0.15) is 11.1 Å². The summed E-state index contributed by atoms with van der Waals surface area (Å²) in [6.45, 7) is 2.84. The van der Waals surface area contributed by atoms with Crippen molar-refractivity contribution in [3.05, 3.63) is 69.8 Å². The molecule has 0 saturated heterocycles. The Hall–Kier alpha value is -2.04. The molecule has 0 unspecified atom stereocenters. The van der Waals surface area contributed by atoms with Crippen LogP contribution in [0.4, 0.5) is 5.82 Å². The number of rotatable bonds is 4. The second-order valence-corrected chi connectivity index (χ2v) is 6.30. The van der Waals surface area contributed by atoms with E-state index in [0.717, 1.165) is 18.1 Å². The zero-order valence-electron chi connectivity index (χ0n) is 12.9. The lowest BCUT2D eigenvalue weighted by Gasteiger charge is -2.15. The first-order chi connectivity index (χ1) is 11.0. The Kier molecular flexibility index (Phi) is 4.55. The van der Waals surface area contributed by atoms with Gasteiger partial charge in [0.25, 0.3) is 0 Å². The molecule has 0 fully saturated rings. The van der Waals surface area contributed by atoms with Gasteiger partial charge in [0.05, 0.1) is 16.9 Å². The molecule has 0 atom stereocenters. The van der Waals surface area contributed by atoms with Crippen molar-refractivity contribution in [2.75, 3.05) is 11.9 Å². The first kappa shape index (κ1) is 15.8. The Morgan fingerprint density at radius 1 is 1.09 bits per heavy atom. The quantitative estimate of drug-likeness (QED) is 0.696. The van der Waals surface area contributed by atoms with Gasteiger partial charge >= 0.3 is 0 Å². The molecule has 6 heteroatoms. The van der Waals surface area contributed by atoms with E-state index >= 15 is 0 Å². The van der Waals surface area contributed by atoms with Crippen molar-refractivity contribution < 1.29 is 0 Å². The lowest BCUT2D eigenvalue weighted by Crippen LogP contribution is -2.16. The number of aromatic nitrogens is 3. The first-order valence-corrected chi connectivity index (χ1v) is 7.93. The number of hydrogen-bond donors (Lipinski definition) is 0. The standard InChI is InChI=1S/C17H16Cl2N4/c1-12-3-5-13(6-4-12)10-22(2)17-11-23(21-20-17)16-8-7-14(18)9-15(16)19/h3-9,11H,10H2,1-2H3. The Labute approximate surface area is 145 Å². The normalized spacial score (nSPS) is 10.8. The van der Waals surface area contributed by atoms with E-state index in [-0.39, 0.29) is 0 Å². The van der Waals surface area contributed by atoms with Crippen LogP contribution < -0.4 is 4.90 Å². The SMILES string of the molecule is Cc1ccc(CN(C)c2cn(-c3ccc(Cl)cc3Cl)nn2)cc1. The van der Waals surface area contributed by atoms with Crippen molar-refractivity contribution in [3.63, 3.8) is 0 Å². The highest BCUT2D eigenvalue weighted by molar-refractivity contribution is 6.35. The molecule has 0 N–H and O–H groups in total. The Bertz CT molecular complexity index is 812. The lowest BCUT2D eigenvalue weighted by molar-refractivity contribution is 0.798. The minimum atomic E-state index is 0.537. The summed E-state index contributed by atoms with van der Waals surface area (Å²) in [5.74, 6) is 0.775. The van der Waals surface area contributed by atoms with Crippen LogP contribution in [-0.2, 0) is 6.54 Å². The van der Waals surface area contributed by atoms with Crippen LogP contribution >= 0.6 is 23.2 Å². The molecular weight excluding hydrogens is 331 g/mol. The van der Waals surface area contributed by atoms with E-state index in [1.165, 1.54) is 11.1 Å². The predicted octanol–water partition coefficient (Wildman–Crippen LogP) is 4.52. The molecule has 0 aliphatic heterocycles. The molecule has 2 aromatic carbocycles. The highest BCUT2D eigenvalue weighted by Gasteiger charge is 2.10. The van der Waals surface area contributed by atoms with Crippen LogP contribution in [0.2, 0.25) is 10.0 Å². The number of anilines is 1. The van der Waals surface area contributed by atoms with E-state index in [2.05, 4.69) is 41.5 Å². The van der Waals surface area contributed by atoms with E-state index in [9.17, 15) is 0 Å². The summed E-state index contributed by atoms with van der Waals surface area (Å²) in [6.07, 6.45) is 1.85. The molecule has 0 aliphatic carbocycles. The molecule has 0 bridgehead atoms. The summed E-state index contributed by atoms with van der Waals surface area (Å²) in [7, 11) is 1.98. The van der Waals surface area contributed by atoms with Crippen molar-refractivity contribution >= 4 is 29.0 Å². The summed E-state index contributed by atoms with van der Waals surface area (Å²) >= 11 is 12.1. The van der Waals surface area contributed by atoms with Gasteiger partial charge in [-0.3, -0.25) is 0 Å². The van der Waals surface area contributed by atoms with Crippen molar-refractivity contribution in [1.82, 2.24) is 15.0 Å². The molecule has 23 heavy (non-hydrogen) atoms. The lowest BCUT2D eigenvalue weighted by atomic mass is 10.1. The maximum Gasteiger partial charge on any atom is 0.171 e. The maximum absolute atomic E-state index is 6.21. The summed E-state index contributed by atoms with van der Waals surface area (Å²) in [6, 6.07) is 13.7. The molecule has 0 amide bonds. The topological polar surface area (TPSA) is 34.0 Å². The fraction of sp³-hybridized carbons (Fsp3) is 0.176. The highest BCUT2D eigenvalue weighted by Crippen LogP contribution is 2.24.